The number of nitrogens with one attached hydrogen (secondary N) is 1. The minimum atomic E-state index is -0.280. The fraction of sp³-hybridized carbons (Fsp3) is 0.700. The predicted octanol–water partition coefficient (Wildman–Crippen LogP) is 4.42. The lowest BCUT2D eigenvalue weighted by Crippen LogP contribution is -2.27. The first-order chi connectivity index (χ1) is 12.1. The molecule has 2 bridgehead atoms. The monoisotopic (exact) mass is 361 g/mol. The number of carbonyl (C=O) groups is 2. The molecule has 1 amide bonds. The van der Waals surface area contributed by atoms with Gasteiger partial charge in [-0.2, -0.15) is 0 Å². The van der Waals surface area contributed by atoms with Gasteiger partial charge in [-0.15, -0.1) is 11.3 Å². The maximum Gasteiger partial charge on any atom is 0.341 e. The maximum absolute atomic E-state index is 12.9. The Kier molecular flexibility index (Phi) is 4.61. The highest BCUT2D eigenvalue weighted by atomic mass is 32.1. The fourth-order valence-electron chi connectivity index (χ4n) is 5.03. The van der Waals surface area contributed by atoms with Crippen LogP contribution in [0.5, 0.6) is 0 Å². The Bertz CT molecular complexity index is 695. The summed E-state index contributed by atoms with van der Waals surface area (Å²) in [5, 5.41) is 3.85. The van der Waals surface area contributed by atoms with Gasteiger partial charge in [0.15, 0.2) is 0 Å². The van der Waals surface area contributed by atoms with E-state index in [-0.39, 0.29) is 17.8 Å². The number of ether oxygens (including phenoxy) is 1. The van der Waals surface area contributed by atoms with Gasteiger partial charge in [-0.05, 0) is 68.8 Å². The fourth-order valence-corrected chi connectivity index (χ4v) is 6.43. The first kappa shape index (κ1) is 17.1. The van der Waals surface area contributed by atoms with Crippen molar-refractivity contribution in [2.24, 2.45) is 23.7 Å². The molecule has 0 spiro atoms. The first-order valence-corrected chi connectivity index (χ1v) is 10.5. The van der Waals surface area contributed by atoms with Crippen LogP contribution in [0.4, 0.5) is 5.00 Å². The van der Waals surface area contributed by atoms with Gasteiger partial charge < -0.3 is 10.1 Å². The van der Waals surface area contributed by atoms with E-state index in [1.54, 1.807) is 11.3 Å². The Morgan fingerprint density at radius 2 is 2.08 bits per heavy atom. The molecule has 0 unspecified atom stereocenters. The third-order valence-electron chi connectivity index (χ3n) is 6.30. The largest absolute Gasteiger partial charge is 0.462 e. The third kappa shape index (κ3) is 3.12. The van der Waals surface area contributed by atoms with Gasteiger partial charge in [-0.1, -0.05) is 13.3 Å². The highest BCUT2D eigenvalue weighted by Gasteiger charge is 2.43. The molecule has 1 N–H and O–H groups in total. The van der Waals surface area contributed by atoms with Gasteiger partial charge in [-0.3, -0.25) is 4.79 Å². The molecule has 4 nitrogen and oxygen atoms in total. The molecule has 136 valence electrons. The zero-order valence-electron chi connectivity index (χ0n) is 15.1. The molecule has 25 heavy (non-hydrogen) atoms. The molecule has 2 saturated carbocycles. The van der Waals surface area contributed by atoms with Gasteiger partial charge in [0.1, 0.15) is 5.00 Å². The average molecular weight is 362 g/mol. The van der Waals surface area contributed by atoms with Crippen LogP contribution in [-0.4, -0.2) is 18.5 Å². The van der Waals surface area contributed by atoms with Crippen LogP contribution in [-0.2, 0) is 22.4 Å². The molecule has 4 rings (SSSR count). The molecular formula is C20H27NO3S. The molecule has 0 saturated heterocycles. The van der Waals surface area contributed by atoms with E-state index in [0.717, 1.165) is 42.2 Å². The summed E-state index contributed by atoms with van der Waals surface area (Å²) in [6.07, 6.45) is 7.70. The van der Waals surface area contributed by atoms with Gasteiger partial charge in [-0.25, -0.2) is 4.79 Å². The molecule has 3 aliphatic rings. The summed E-state index contributed by atoms with van der Waals surface area (Å²) >= 11 is 1.59. The summed E-state index contributed by atoms with van der Waals surface area (Å²) < 4.78 is 5.29. The number of rotatable bonds is 4. The Morgan fingerprint density at radius 1 is 1.24 bits per heavy atom. The van der Waals surface area contributed by atoms with Gasteiger partial charge in [0.05, 0.1) is 12.2 Å². The molecule has 0 radical (unpaired) electrons. The summed E-state index contributed by atoms with van der Waals surface area (Å²) in [5.41, 5.74) is 1.75. The second-order valence-electron chi connectivity index (χ2n) is 8.05. The van der Waals surface area contributed by atoms with Crippen LogP contribution in [0.1, 0.15) is 66.8 Å². The van der Waals surface area contributed by atoms with Crippen molar-refractivity contribution in [1.82, 2.24) is 0 Å². The maximum atomic E-state index is 12.9. The standard InChI is InChI=1S/C20H27NO3S/c1-3-24-20(23)17-14-7-4-11(2)8-16(14)25-19(17)21-18(22)15-10-12-5-6-13(15)9-12/h11-13,15H,3-10H2,1-2H3,(H,21,22)/t11-,12-,13-,15-/m1/s1. The van der Waals surface area contributed by atoms with Crippen molar-refractivity contribution in [3.8, 4) is 0 Å². The summed E-state index contributed by atoms with van der Waals surface area (Å²) in [7, 11) is 0. The van der Waals surface area contributed by atoms with Crippen molar-refractivity contribution >= 4 is 28.2 Å². The number of esters is 1. The van der Waals surface area contributed by atoms with Crippen LogP contribution in [0, 0.1) is 23.7 Å². The van der Waals surface area contributed by atoms with Crippen molar-refractivity contribution in [2.75, 3.05) is 11.9 Å². The number of amides is 1. The lowest BCUT2D eigenvalue weighted by Gasteiger charge is -2.20. The van der Waals surface area contributed by atoms with Crippen LogP contribution in [0.3, 0.4) is 0 Å². The number of fused-ring (bicyclic) bond motifs is 3. The lowest BCUT2D eigenvalue weighted by molar-refractivity contribution is -0.121. The van der Waals surface area contributed by atoms with Gasteiger partial charge in [0.2, 0.25) is 5.91 Å². The Labute approximate surface area is 153 Å². The van der Waals surface area contributed by atoms with E-state index < -0.39 is 0 Å². The topological polar surface area (TPSA) is 55.4 Å². The summed E-state index contributed by atoms with van der Waals surface area (Å²) in [6.45, 7) is 4.44. The van der Waals surface area contributed by atoms with Crippen LogP contribution in [0.2, 0.25) is 0 Å². The molecule has 4 atom stereocenters. The van der Waals surface area contributed by atoms with E-state index in [1.165, 1.54) is 24.1 Å². The van der Waals surface area contributed by atoms with Crippen LogP contribution >= 0.6 is 11.3 Å². The zero-order valence-corrected chi connectivity index (χ0v) is 15.9. The Morgan fingerprint density at radius 3 is 2.76 bits per heavy atom. The summed E-state index contributed by atoms with van der Waals surface area (Å²) in [6, 6.07) is 0. The zero-order chi connectivity index (χ0) is 17.6. The molecule has 2 fully saturated rings. The molecule has 1 aromatic rings. The number of carbonyl (C=O) groups excluding carboxylic acids is 2. The smallest absolute Gasteiger partial charge is 0.341 e. The lowest BCUT2D eigenvalue weighted by atomic mass is 9.87. The molecule has 0 aromatic carbocycles. The molecular weight excluding hydrogens is 334 g/mol. The van der Waals surface area contributed by atoms with Crippen LogP contribution in [0.15, 0.2) is 0 Å². The van der Waals surface area contributed by atoms with Crippen molar-refractivity contribution in [3.63, 3.8) is 0 Å². The number of thiophene rings is 1. The van der Waals surface area contributed by atoms with Crippen molar-refractivity contribution in [2.45, 2.75) is 58.8 Å². The summed E-state index contributed by atoms with van der Waals surface area (Å²) in [4.78, 5) is 26.7. The van der Waals surface area contributed by atoms with E-state index in [1.807, 2.05) is 6.92 Å². The normalized spacial score (nSPS) is 30.2. The van der Waals surface area contributed by atoms with Crippen molar-refractivity contribution in [1.29, 1.82) is 0 Å². The van der Waals surface area contributed by atoms with E-state index in [4.69, 9.17) is 4.74 Å². The highest BCUT2D eigenvalue weighted by Crippen LogP contribution is 2.49. The van der Waals surface area contributed by atoms with Gasteiger partial charge >= 0.3 is 5.97 Å². The predicted molar refractivity (Wildman–Crippen MR) is 99.0 cm³/mol. The van der Waals surface area contributed by atoms with E-state index in [0.29, 0.717) is 24.0 Å². The van der Waals surface area contributed by atoms with Gasteiger partial charge in [0, 0.05) is 10.8 Å². The first-order valence-electron chi connectivity index (χ1n) is 9.69. The van der Waals surface area contributed by atoms with Crippen LogP contribution < -0.4 is 5.32 Å². The average Bonchev–Trinajstić information content (AvgIpc) is 3.27. The molecule has 5 heteroatoms. The highest BCUT2D eigenvalue weighted by molar-refractivity contribution is 7.17. The minimum Gasteiger partial charge on any atom is -0.462 e. The quantitative estimate of drug-likeness (QED) is 0.808. The van der Waals surface area contributed by atoms with E-state index in [2.05, 4.69) is 12.2 Å². The van der Waals surface area contributed by atoms with E-state index >= 15 is 0 Å². The van der Waals surface area contributed by atoms with E-state index in [9.17, 15) is 9.59 Å². The molecule has 3 aliphatic carbocycles. The Balaban J connectivity index is 1.59. The number of hydrogen-bond donors (Lipinski definition) is 1. The van der Waals surface area contributed by atoms with Gasteiger partial charge in [0.25, 0.3) is 0 Å². The Hall–Kier alpha value is -1.36. The third-order valence-corrected chi connectivity index (χ3v) is 7.47. The SMILES string of the molecule is CCOC(=O)c1c(NC(=O)[C@@H]2C[C@@H]3CC[C@@H]2C3)sc2c1CC[C@@H](C)C2. The number of anilines is 1. The second-order valence-corrected chi connectivity index (χ2v) is 9.15. The van der Waals surface area contributed by atoms with Crippen molar-refractivity contribution in [3.05, 3.63) is 16.0 Å². The molecule has 0 aliphatic heterocycles. The van der Waals surface area contributed by atoms with Crippen LogP contribution in [0.25, 0.3) is 0 Å². The minimum absolute atomic E-state index is 0.115. The molecule has 1 heterocycles. The number of hydrogen-bond acceptors (Lipinski definition) is 4. The summed E-state index contributed by atoms with van der Waals surface area (Å²) in [5.74, 6) is 1.89. The second kappa shape index (κ2) is 6.75. The molecule has 1 aromatic heterocycles. The van der Waals surface area contributed by atoms with Crippen molar-refractivity contribution < 1.29 is 14.3 Å².